The number of guanidine groups is 1. The largest absolute Gasteiger partial charge is 0.492 e. The highest BCUT2D eigenvalue weighted by atomic mass is 16.5. The number of nitrogens with zero attached hydrogens (tertiary/aromatic N) is 1. The zero-order chi connectivity index (χ0) is 17.5. The first kappa shape index (κ1) is 17.0. The van der Waals surface area contributed by atoms with Crippen LogP contribution in [0.3, 0.4) is 0 Å². The Morgan fingerprint density at radius 3 is 2.76 bits per heavy atom. The van der Waals surface area contributed by atoms with Crippen molar-refractivity contribution in [1.82, 2.24) is 10.6 Å². The molecule has 3 rings (SSSR count). The third kappa shape index (κ3) is 5.09. The molecular formula is C20H24N4O. The van der Waals surface area contributed by atoms with E-state index < -0.39 is 5.66 Å². The van der Waals surface area contributed by atoms with Crippen LogP contribution in [-0.2, 0) is 6.42 Å². The highest BCUT2D eigenvalue weighted by Crippen LogP contribution is 2.13. The lowest BCUT2D eigenvalue weighted by Crippen LogP contribution is -2.61. The van der Waals surface area contributed by atoms with Gasteiger partial charge in [-0.2, -0.15) is 0 Å². The van der Waals surface area contributed by atoms with Crippen molar-refractivity contribution in [2.75, 3.05) is 13.2 Å². The second kappa shape index (κ2) is 7.85. The second-order valence-electron chi connectivity index (χ2n) is 6.20. The quantitative estimate of drug-likeness (QED) is 0.708. The molecule has 0 aromatic heterocycles. The van der Waals surface area contributed by atoms with Gasteiger partial charge in [0.15, 0.2) is 5.96 Å². The molecule has 2 aromatic carbocycles. The van der Waals surface area contributed by atoms with Gasteiger partial charge in [0.2, 0.25) is 0 Å². The van der Waals surface area contributed by atoms with Crippen LogP contribution < -0.4 is 21.1 Å². The van der Waals surface area contributed by atoms with Gasteiger partial charge in [0.25, 0.3) is 0 Å². The van der Waals surface area contributed by atoms with Crippen LogP contribution in [0.4, 0.5) is 0 Å². The lowest BCUT2D eigenvalue weighted by molar-refractivity contribution is 0.328. The van der Waals surface area contributed by atoms with E-state index in [4.69, 9.17) is 10.5 Å². The summed E-state index contributed by atoms with van der Waals surface area (Å²) < 4.78 is 5.65. The molecule has 0 amide bonds. The molecule has 0 fully saturated rings. The van der Waals surface area contributed by atoms with E-state index in [2.05, 4.69) is 46.8 Å². The number of benzene rings is 2. The normalized spacial score (nSPS) is 20.8. The molecule has 130 valence electrons. The Hall–Kier alpha value is -2.79. The SMILES string of the molecule is Cc1cccc(CC2(N)C=CNC(=NCCOc3ccccc3)N2)c1. The van der Waals surface area contributed by atoms with Gasteiger partial charge in [-0.25, -0.2) is 4.99 Å². The van der Waals surface area contributed by atoms with E-state index in [1.165, 1.54) is 11.1 Å². The Balaban J connectivity index is 1.54. The molecule has 0 spiro atoms. The van der Waals surface area contributed by atoms with Crippen LogP contribution in [0, 0.1) is 6.92 Å². The number of nitrogens with one attached hydrogen (secondary N) is 2. The first-order chi connectivity index (χ1) is 12.1. The number of rotatable bonds is 6. The summed E-state index contributed by atoms with van der Waals surface area (Å²) in [5, 5.41) is 6.36. The predicted molar refractivity (Wildman–Crippen MR) is 101 cm³/mol. The van der Waals surface area contributed by atoms with Gasteiger partial charge in [0.1, 0.15) is 18.0 Å². The molecule has 1 unspecified atom stereocenters. The third-order valence-corrected chi connectivity index (χ3v) is 3.90. The average molecular weight is 336 g/mol. The zero-order valence-electron chi connectivity index (χ0n) is 14.4. The molecule has 0 saturated heterocycles. The first-order valence-electron chi connectivity index (χ1n) is 8.42. The number of aryl methyl sites for hydroxylation is 1. The molecule has 0 saturated carbocycles. The van der Waals surface area contributed by atoms with E-state index in [1.54, 1.807) is 0 Å². The van der Waals surface area contributed by atoms with Crippen molar-refractivity contribution in [1.29, 1.82) is 0 Å². The predicted octanol–water partition coefficient (Wildman–Crippen LogP) is 2.33. The van der Waals surface area contributed by atoms with Crippen LogP contribution in [0.2, 0.25) is 0 Å². The van der Waals surface area contributed by atoms with Crippen LogP contribution >= 0.6 is 0 Å². The maximum absolute atomic E-state index is 6.48. The summed E-state index contributed by atoms with van der Waals surface area (Å²) in [6.45, 7) is 3.13. The van der Waals surface area contributed by atoms with E-state index in [0.717, 1.165) is 5.75 Å². The zero-order valence-corrected chi connectivity index (χ0v) is 14.4. The summed E-state index contributed by atoms with van der Waals surface area (Å²) in [5.41, 5.74) is 8.24. The van der Waals surface area contributed by atoms with Crippen molar-refractivity contribution >= 4 is 5.96 Å². The van der Waals surface area contributed by atoms with Crippen molar-refractivity contribution in [2.45, 2.75) is 19.0 Å². The fourth-order valence-corrected chi connectivity index (χ4v) is 2.75. The van der Waals surface area contributed by atoms with Gasteiger partial charge < -0.3 is 21.1 Å². The number of aliphatic imine (C=N–C) groups is 1. The smallest absolute Gasteiger partial charge is 0.197 e. The highest BCUT2D eigenvalue weighted by Gasteiger charge is 2.26. The summed E-state index contributed by atoms with van der Waals surface area (Å²) in [6, 6.07) is 18.1. The monoisotopic (exact) mass is 336 g/mol. The summed E-state index contributed by atoms with van der Waals surface area (Å²) in [4.78, 5) is 4.49. The Labute approximate surface area is 148 Å². The van der Waals surface area contributed by atoms with E-state index in [9.17, 15) is 0 Å². The molecule has 5 nitrogen and oxygen atoms in total. The number of para-hydroxylation sites is 1. The molecule has 1 heterocycles. The van der Waals surface area contributed by atoms with Gasteiger partial charge in [-0.15, -0.1) is 0 Å². The van der Waals surface area contributed by atoms with Gasteiger partial charge in [0.05, 0.1) is 6.54 Å². The molecule has 2 aromatic rings. The van der Waals surface area contributed by atoms with Crippen molar-refractivity contribution < 1.29 is 4.74 Å². The fraction of sp³-hybridized carbons (Fsp3) is 0.250. The summed E-state index contributed by atoms with van der Waals surface area (Å²) in [5.74, 6) is 1.51. The van der Waals surface area contributed by atoms with Gasteiger partial charge in [0, 0.05) is 12.6 Å². The number of nitrogens with two attached hydrogens (primary N) is 1. The van der Waals surface area contributed by atoms with E-state index in [0.29, 0.717) is 25.5 Å². The van der Waals surface area contributed by atoms with E-state index >= 15 is 0 Å². The van der Waals surface area contributed by atoms with Gasteiger partial charge in [-0.1, -0.05) is 48.0 Å². The molecule has 0 radical (unpaired) electrons. The molecule has 25 heavy (non-hydrogen) atoms. The summed E-state index contributed by atoms with van der Waals surface area (Å²) in [6.07, 6.45) is 4.45. The summed E-state index contributed by atoms with van der Waals surface area (Å²) >= 11 is 0. The molecule has 0 aliphatic carbocycles. The molecule has 1 aliphatic heterocycles. The first-order valence-corrected chi connectivity index (χ1v) is 8.42. The maximum Gasteiger partial charge on any atom is 0.197 e. The standard InChI is InChI=1S/C20H24N4O/c1-16-6-5-7-17(14-16)15-20(21)10-11-22-19(24-20)23-12-13-25-18-8-3-2-4-9-18/h2-11,14H,12-13,15,21H2,1H3,(H2,22,23,24). The number of ether oxygens (including phenoxy) is 1. The third-order valence-electron chi connectivity index (χ3n) is 3.90. The summed E-state index contributed by atoms with van der Waals surface area (Å²) in [7, 11) is 0. The average Bonchev–Trinajstić information content (AvgIpc) is 2.59. The molecule has 1 aliphatic rings. The molecule has 5 heteroatoms. The minimum atomic E-state index is -0.655. The van der Waals surface area contributed by atoms with Crippen LogP contribution in [0.15, 0.2) is 71.9 Å². The van der Waals surface area contributed by atoms with Crippen molar-refractivity contribution in [3.63, 3.8) is 0 Å². The van der Waals surface area contributed by atoms with Crippen LogP contribution in [-0.4, -0.2) is 24.8 Å². The lowest BCUT2D eigenvalue weighted by Gasteiger charge is -2.32. The maximum atomic E-state index is 6.48. The van der Waals surface area contributed by atoms with Gasteiger partial charge in [-0.05, 0) is 30.7 Å². The Kier molecular flexibility index (Phi) is 5.36. The molecule has 4 N–H and O–H groups in total. The van der Waals surface area contributed by atoms with Crippen LogP contribution in [0.1, 0.15) is 11.1 Å². The Bertz CT molecular complexity index is 757. The Morgan fingerprint density at radius 2 is 1.96 bits per heavy atom. The van der Waals surface area contributed by atoms with E-state index in [-0.39, 0.29) is 0 Å². The minimum absolute atomic E-state index is 0.510. The topological polar surface area (TPSA) is 71.7 Å². The van der Waals surface area contributed by atoms with Crippen LogP contribution in [0.5, 0.6) is 5.75 Å². The van der Waals surface area contributed by atoms with Crippen LogP contribution in [0.25, 0.3) is 0 Å². The fourth-order valence-electron chi connectivity index (χ4n) is 2.75. The molecule has 1 atom stereocenters. The van der Waals surface area contributed by atoms with Crippen molar-refractivity contribution in [2.24, 2.45) is 10.7 Å². The minimum Gasteiger partial charge on any atom is -0.492 e. The second-order valence-corrected chi connectivity index (χ2v) is 6.20. The van der Waals surface area contributed by atoms with E-state index in [1.807, 2.05) is 42.6 Å². The number of hydrogen-bond donors (Lipinski definition) is 3. The molecule has 0 bridgehead atoms. The van der Waals surface area contributed by atoms with Gasteiger partial charge in [-0.3, -0.25) is 0 Å². The van der Waals surface area contributed by atoms with Crippen molar-refractivity contribution in [3.05, 3.63) is 78.0 Å². The Morgan fingerprint density at radius 1 is 1.12 bits per heavy atom. The lowest BCUT2D eigenvalue weighted by atomic mass is 9.98. The van der Waals surface area contributed by atoms with Gasteiger partial charge >= 0.3 is 0 Å². The molecular weight excluding hydrogens is 312 g/mol. The van der Waals surface area contributed by atoms with Crippen molar-refractivity contribution in [3.8, 4) is 5.75 Å². The highest BCUT2D eigenvalue weighted by molar-refractivity contribution is 5.83. The number of hydrogen-bond acceptors (Lipinski definition) is 3.